The highest BCUT2D eigenvalue weighted by molar-refractivity contribution is 8.09. The van der Waals surface area contributed by atoms with Crippen molar-refractivity contribution in [3.05, 3.63) is 81.7 Å². The van der Waals surface area contributed by atoms with E-state index in [0.29, 0.717) is 5.37 Å². The van der Waals surface area contributed by atoms with Gasteiger partial charge in [-0.15, -0.1) is 0 Å². The maximum Gasteiger partial charge on any atom is 0.0912 e. The molecule has 1 aromatic heterocycles. The van der Waals surface area contributed by atoms with Gasteiger partial charge >= 0.3 is 0 Å². The Kier molecular flexibility index (Phi) is 5.32. The molecule has 1 saturated carbocycles. The Hall–Kier alpha value is -2.52. The van der Waals surface area contributed by atoms with Crippen LogP contribution in [0.25, 0.3) is 21.7 Å². The van der Waals surface area contributed by atoms with Crippen molar-refractivity contribution in [2.45, 2.75) is 110 Å². The van der Waals surface area contributed by atoms with Gasteiger partial charge in [0.05, 0.1) is 16.8 Å². The first-order valence-electron chi connectivity index (χ1n) is 15.2. The largest absolute Gasteiger partial charge is 0.326 e. The van der Waals surface area contributed by atoms with Crippen LogP contribution < -0.4 is 4.90 Å². The third-order valence-electron chi connectivity index (χ3n) is 10.8. The summed E-state index contributed by atoms with van der Waals surface area (Å²) in [6, 6.07) is 12.5. The highest BCUT2D eigenvalue weighted by atomic mass is 32.2. The molecule has 3 aliphatic heterocycles. The fraction of sp³-hybridized carbons (Fsp3) is 0.486. The average Bonchev–Trinajstić information content (AvgIpc) is 3.45. The van der Waals surface area contributed by atoms with Crippen LogP contribution in [-0.2, 0) is 16.2 Å². The Balaban J connectivity index is 1.64. The van der Waals surface area contributed by atoms with E-state index in [1.54, 1.807) is 5.56 Å². The summed E-state index contributed by atoms with van der Waals surface area (Å²) in [5, 5.41) is 0.427. The number of benzene rings is 2. The van der Waals surface area contributed by atoms with E-state index in [0.717, 1.165) is 0 Å². The zero-order chi connectivity index (χ0) is 28.6. The van der Waals surface area contributed by atoms with E-state index >= 15 is 0 Å². The Morgan fingerprint density at radius 1 is 0.850 bits per heavy atom. The minimum atomic E-state index is 0.0921. The number of anilines is 1. The van der Waals surface area contributed by atoms with Crippen molar-refractivity contribution < 1.29 is 0 Å². The summed E-state index contributed by atoms with van der Waals surface area (Å²) < 4.78 is 0. The first-order chi connectivity index (χ1) is 18.8. The molecule has 3 unspecified atom stereocenters. The van der Waals surface area contributed by atoms with Crippen molar-refractivity contribution in [1.82, 2.24) is 4.98 Å². The molecular weight excluding hydrogens is 504 g/mol. The molecule has 208 valence electrons. The van der Waals surface area contributed by atoms with Crippen LogP contribution in [0.2, 0.25) is 0 Å². The summed E-state index contributed by atoms with van der Waals surface area (Å²) >= 11 is 2.15. The highest BCUT2D eigenvalue weighted by Crippen LogP contribution is 2.81. The van der Waals surface area contributed by atoms with E-state index in [1.165, 1.54) is 80.1 Å². The molecule has 40 heavy (non-hydrogen) atoms. The van der Waals surface area contributed by atoms with Crippen molar-refractivity contribution in [2.75, 3.05) is 4.90 Å². The third kappa shape index (κ3) is 3.16. The molecule has 1 aliphatic carbocycles. The predicted octanol–water partition coefficient (Wildman–Crippen LogP) is 10.1. The first kappa shape index (κ1) is 26.4. The number of pyridine rings is 1. The van der Waals surface area contributed by atoms with Gasteiger partial charge in [-0.05, 0) is 95.0 Å². The van der Waals surface area contributed by atoms with Gasteiger partial charge in [0.1, 0.15) is 0 Å². The lowest BCUT2D eigenvalue weighted by molar-refractivity contribution is 0.366. The van der Waals surface area contributed by atoms with Gasteiger partial charge in [0.25, 0.3) is 0 Å². The number of aromatic nitrogens is 1. The van der Waals surface area contributed by atoms with E-state index in [1.807, 2.05) is 0 Å². The van der Waals surface area contributed by atoms with Crippen LogP contribution in [0.4, 0.5) is 5.69 Å². The number of fused-ring (bicyclic) bond motifs is 6. The Morgan fingerprint density at radius 3 is 2.10 bits per heavy atom. The lowest BCUT2D eigenvalue weighted by atomic mass is 9.71. The van der Waals surface area contributed by atoms with Crippen LogP contribution in [0.5, 0.6) is 0 Å². The van der Waals surface area contributed by atoms with Crippen molar-refractivity contribution in [1.29, 1.82) is 0 Å². The standard InChI is InChI=1S/C37H44N2S/c1-11-36-20-37(36,12-2)33-39-30-27(16-24(17-28(30)36)35(8,9)10)26-15-23(34(5,6)7)13-14-25(26)31(39)32(40-33)29-21(3)18-38-19-22(29)4/h13-19,33H,11-12,20H2,1-10H3. The predicted molar refractivity (Wildman–Crippen MR) is 173 cm³/mol. The molecule has 0 spiro atoms. The zero-order valence-corrected chi connectivity index (χ0v) is 26.9. The van der Waals surface area contributed by atoms with Gasteiger partial charge < -0.3 is 4.90 Å². The molecule has 2 nitrogen and oxygen atoms in total. The number of thioether (sulfide) groups is 1. The van der Waals surface area contributed by atoms with Gasteiger partial charge in [0.15, 0.2) is 0 Å². The normalized spacial score (nSPS) is 26.1. The minimum absolute atomic E-state index is 0.0921. The SMILES string of the molecule is CCC12CC1(CC)C1SC(c3c(C)cncc3C)=C3c4ccc(C(C)(C)C)cc4-c4cc(C(C)(C)C)cc2c4N31. The second kappa shape index (κ2) is 8.06. The summed E-state index contributed by atoms with van der Waals surface area (Å²) in [5.41, 5.74) is 16.4. The molecule has 1 fully saturated rings. The molecular formula is C37H44N2S. The number of aryl methyl sites for hydroxylation is 2. The lowest BCUT2D eigenvalue weighted by Gasteiger charge is -2.48. The second-order valence-electron chi connectivity index (χ2n) is 15.0. The maximum atomic E-state index is 4.55. The molecule has 3 heteroatoms. The monoisotopic (exact) mass is 548 g/mol. The summed E-state index contributed by atoms with van der Waals surface area (Å²) in [6.45, 7) is 23.5. The van der Waals surface area contributed by atoms with Crippen LogP contribution in [0.3, 0.4) is 0 Å². The first-order valence-corrected chi connectivity index (χ1v) is 16.1. The summed E-state index contributed by atoms with van der Waals surface area (Å²) in [6.07, 6.45) is 7.82. The Morgan fingerprint density at radius 2 is 1.50 bits per heavy atom. The smallest absolute Gasteiger partial charge is 0.0912 e. The number of hydrogen-bond donors (Lipinski definition) is 0. The molecule has 0 saturated heterocycles. The lowest BCUT2D eigenvalue weighted by Crippen LogP contribution is -2.45. The van der Waals surface area contributed by atoms with E-state index in [4.69, 9.17) is 0 Å². The third-order valence-corrected chi connectivity index (χ3v) is 12.3. The molecule has 0 bridgehead atoms. The number of nitrogens with zero attached hydrogens (tertiary/aromatic N) is 2. The fourth-order valence-corrected chi connectivity index (χ4v) is 10.3. The topological polar surface area (TPSA) is 16.1 Å². The van der Waals surface area contributed by atoms with E-state index in [2.05, 4.69) is 134 Å². The summed E-state index contributed by atoms with van der Waals surface area (Å²) in [4.78, 5) is 8.83. The fourth-order valence-electron chi connectivity index (χ4n) is 8.35. The molecule has 0 amide bonds. The summed E-state index contributed by atoms with van der Waals surface area (Å²) in [5.74, 6) is 0. The van der Waals surface area contributed by atoms with Crippen molar-refractivity contribution in [3.63, 3.8) is 0 Å². The van der Waals surface area contributed by atoms with Crippen LogP contribution in [0.15, 0.2) is 42.7 Å². The van der Waals surface area contributed by atoms with E-state index in [-0.39, 0.29) is 21.7 Å². The van der Waals surface area contributed by atoms with E-state index < -0.39 is 0 Å². The van der Waals surface area contributed by atoms with Crippen molar-refractivity contribution in [2.24, 2.45) is 5.41 Å². The highest BCUT2D eigenvalue weighted by Gasteiger charge is 2.75. The quantitative estimate of drug-likeness (QED) is 0.324. The average molecular weight is 549 g/mol. The molecule has 0 N–H and O–H groups in total. The molecule has 3 aromatic rings. The molecule has 2 aromatic carbocycles. The number of hydrogen-bond acceptors (Lipinski definition) is 3. The molecule has 4 heterocycles. The van der Waals surface area contributed by atoms with Crippen LogP contribution in [0, 0.1) is 19.3 Å². The van der Waals surface area contributed by atoms with Crippen LogP contribution in [0.1, 0.15) is 114 Å². The van der Waals surface area contributed by atoms with Gasteiger partial charge in [0, 0.05) is 39.3 Å². The molecule has 7 rings (SSSR count). The van der Waals surface area contributed by atoms with E-state index in [9.17, 15) is 0 Å². The van der Waals surface area contributed by atoms with Gasteiger partial charge in [-0.2, -0.15) is 0 Å². The van der Waals surface area contributed by atoms with Crippen molar-refractivity contribution in [3.8, 4) is 11.1 Å². The van der Waals surface area contributed by atoms with Gasteiger partial charge in [-0.3, -0.25) is 4.98 Å². The second-order valence-corrected chi connectivity index (χ2v) is 16.1. The molecule has 0 radical (unpaired) electrons. The van der Waals surface area contributed by atoms with Crippen LogP contribution >= 0.6 is 11.8 Å². The number of rotatable bonds is 3. The van der Waals surface area contributed by atoms with Gasteiger partial charge in [0.2, 0.25) is 0 Å². The van der Waals surface area contributed by atoms with Gasteiger partial charge in [-0.1, -0.05) is 85.4 Å². The molecule has 4 aliphatic rings. The minimum Gasteiger partial charge on any atom is -0.326 e. The molecule has 3 atom stereocenters. The van der Waals surface area contributed by atoms with Crippen LogP contribution in [-0.4, -0.2) is 10.4 Å². The Labute approximate surface area is 245 Å². The maximum absolute atomic E-state index is 4.55. The summed E-state index contributed by atoms with van der Waals surface area (Å²) in [7, 11) is 0. The Bertz CT molecular complexity index is 1610. The zero-order valence-electron chi connectivity index (χ0n) is 26.0. The van der Waals surface area contributed by atoms with Crippen molar-refractivity contribution >= 4 is 28.1 Å². The van der Waals surface area contributed by atoms with Gasteiger partial charge in [-0.25, -0.2) is 0 Å².